The Bertz CT molecular complexity index is 959. The number of carbonyl (C=O) groups is 1. The van der Waals surface area contributed by atoms with Crippen LogP contribution in [0.2, 0.25) is 0 Å². The second-order valence-electron chi connectivity index (χ2n) is 4.87. The molecule has 0 aliphatic rings. The summed E-state index contributed by atoms with van der Waals surface area (Å²) >= 11 is 0. The van der Waals surface area contributed by atoms with Crippen LogP contribution in [0.1, 0.15) is 10.4 Å². The minimum absolute atomic E-state index is 0.000547. The van der Waals surface area contributed by atoms with Crippen LogP contribution in [0.5, 0.6) is 5.75 Å². The van der Waals surface area contributed by atoms with E-state index in [1.165, 1.54) is 18.2 Å². The van der Waals surface area contributed by atoms with Gasteiger partial charge in [0, 0.05) is 11.3 Å². The standard InChI is InChI=1S/C15H10F3N3O3/c16-15(17,18)24-10-3-1-2-8(6-10)13(22)19-9-4-5-11-12(7-9)21-14(23)20-11/h1-7H,(H,19,22)(H2,20,21,23). The SMILES string of the molecule is O=C(Nc1ccc2[nH]c(=O)[nH]c2c1)c1cccc(OC(F)(F)F)c1. The number of nitrogens with one attached hydrogen (secondary N) is 3. The van der Waals surface area contributed by atoms with Crippen LogP contribution in [-0.2, 0) is 0 Å². The van der Waals surface area contributed by atoms with Gasteiger partial charge in [-0.1, -0.05) is 6.07 Å². The maximum Gasteiger partial charge on any atom is 0.573 e. The molecule has 9 heteroatoms. The molecule has 24 heavy (non-hydrogen) atoms. The lowest BCUT2D eigenvalue weighted by atomic mass is 10.2. The highest BCUT2D eigenvalue weighted by atomic mass is 19.4. The zero-order chi connectivity index (χ0) is 17.3. The summed E-state index contributed by atoms with van der Waals surface area (Å²) < 4.78 is 40.4. The topological polar surface area (TPSA) is 87.0 Å². The number of alkyl halides is 3. The average molecular weight is 337 g/mol. The van der Waals surface area contributed by atoms with Crippen molar-refractivity contribution in [1.29, 1.82) is 0 Å². The van der Waals surface area contributed by atoms with Crippen LogP contribution in [0.15, 0.2) is 47.3 Å². The van der Waals surface area contributed by atoms with E-state index in [4.69, 9.17) is 0 Å². The number of anilines is 1. The van der Waals surface area contributed by atoms with E-state index in [1.807, 2.05) is 0 Å². The second-order valence-corrected chi connectivity index (χ2v) is 4.87. The molecule has 0 aliphatic carbocycles. The Morgan fingerprint density at radius 1 is 1.04 bits per heavy atom. The van der Waals surface area contributed by atoms with Gasteiger partial charge in [0.2, 0.25) is 0 Å². The normalized spacial score (nSPS) is 11.5. The third kappa shape index (κ3) is 3.57. The van der Waals surface area contributed by atoms with Crippen molar-refractivity contribution < 1.29 is 22.7 Å². The molecule has 6 nitrogen and oxygen atoms in total. The molecule has 0 atom stereocenters. The van der Waals surface area contributed by atoms with Crippen molar-refractivity contribution >= 4 is 22.6 Å². The molecule has 0 saturated heterocycles. The molecule has 1 amide bonds. The first-order valence-corrected chi connectivity index (χ1v) is 6.69. The Balaban J connectivity index is 1.80. The van der Waals surface area contributed by atoms with Gasteiger partial charge in [-0.15, -0.1) is 13.2 Å². The molecule has 2 aromatic carbocycles. The number of benzene rings is 2. The van der Waals surface area contributed by atoms with Gasteiger partial charge in [0.1, 0.15) is 5.75 Å². The van der Waals surface area contributed by atoms with Crippen molar-refractivity contribution in [3.8, 4) is 5.75 Å². The van der Waals surface area contributed by atoms with Crippen LogP contribution in [0, 0.1) is 0 Å². The van der Waals surface area contributed by atoms with E-state index in [0.29, 0.717) is 16.7 Å². The number of aromatic nitrogens is 2. The Morgan fingerprint density at radius 2 is 1.79 bits per heavy atom. The van der Waals surface area contributed by atoms with Crippen LogP contribution in [0.25, 0.3) is 11.0 Å². The summed E-state index contributed by atoms with van der Waals surface area (Å²) in [5, 5.41) is 2.54. The van der Waals surface area contributed by atoms with Crippen LogP contribution in [0.4, 0.5) is 18.9 Å². The predicted molar refractivity (Wildman–Crippen MR) is 80.0 cm³/mol. The quantitative estimate of drug-likeness (QED) is 0.687. The fraction of sp³-hybridized carbons (Fsp3) is 0.0667. The number of carbonyl (C=O) groups excluding carboxylic acids is 1. The number of hydrogen-bond acceptors (Lipinski definition) is 3. The van der Waals surface area contributed by atoms with E-state index in [2.05, 4.69) is 20.0 Å². The highest BCUT2D eigenvalue weighted by Crippen LogP contribution is 2.24. The Kier molecular flexibility index (Phi) is 3.76. The van der Waals surface area contributed by atoms with Gasteiger partial charge in [0.15, 0.2) is 0 Å². The van der Waals surface area contributed by atoms with Crippen molar-refractivity contribution in [2.45, 2.75) is 6.36 Å². The van der Waals surface area contributed by atoms with Crippen LogP contribution in [-0.4, -0.2) is 22.2 Å². The minimum atomic E-state index is -4.83. The lowest BCUT2D eigenvalue weighted by Gasteiger charge is -2.10. The average Bonchev–Trinajstić information content (AvgIpc) is 2.85. The smallest absolute Gasteiger partial charge is 0.406 e. The van der Waals surface area contributed by atoms with Gasteiger partial charge in [0.05, 0.1) is 11.0 Å². The van der Waals surface area contributed by atoms with Crippen molar-refractivity contribution in [2.24, 2.45) is 0 Å². The monoisotopic (exact) mass is 337 g/mol. The number of rotatable bonds is 3. The largest absolute Gasteiger partial charge is 0.573 e. The third-order valence-corrected chi connectivity index (χ3v) is 3.10. The maximum atomic E-state index is 12.2. The molecule has 3 N–H and O–H groups in total. The number of halogens is 3. The molecule has 0 fully saturated rings. The third-order valence-electron chi connectivity index (χ3n) is 3.10. The minimum Gasteiger partial charge on any atom is -0.406 e. The first-order chi connectivity index (χ1) is 11.3. The summed E-state index contributed by atoms with van der Waals surface area (Å²) in [7, 11) is 0. The fourth-order valence-corrected chi connectivity index (χ4v) is 2.15. The highest BCUT2D eigenvalue weighted by molar-refractivity contribution is 6.05. The Morgan fingerprint density at radius 3 is 2.54 bits per heavy atom. The fourth-order valence-electron chi connectivity index (χ4n) is 2.15. The molecule has 124 valence electrons. The number of hydrogen-bond donors (Lipinski definition) is 3. The van der Waals surface area contributed by atoms with Gasteiger partial charge in [-0.2, -0.15) is 0 Å². The second kappa shape index (κ2) is 5.76. The first kappa shape index (κ1) is 15.7. The summed E-state index contributed by atoms with van der Waals surface area (Å²) in [6.45, 7) is 0. The number of fused-ring (bicyclic) bond motifs is 1. The van der Waals surface area contributed by atoms with E-state index in [-0.39, 0.29) is 11.3 Å². The van der Waals surface area contributed by atoms with Crippen molar-refractivity contribution in [3.05, 3.63) is 58.5 Å². The Labute approximate surface area is 132 Å². The molecular formula is C15H10F3N3O3. The molecule has 0 bridgehead atoms. The highest BCUT2D eigenvalue weighted by Gasteiger charge is 2.31. The molecule has 0 unspecified atom stereocenters. The number of H-pyrrole nitrogens is 2. The lowest BCUT2D eigenvalue weighted by molar-refractivity contribution is -0.274. The Hall–Kier alpha value is -3.23. The van der Waals surface area contributed by atoms with Crippen LogP contribution < -0.4 is 15.7 Å². The van der Waals surface area contributed by atoms with Gasteiger partial charge < -0.3 is 20.0 Å². The number of amides is 1. The molecule has 0 saturated carbocycles. The molecule has 0 spiro atoms. The molecular weight excluding hydrogens is 327 g/mol. The summed E-state index contributed by atoms with van der Waals surface area (Å²) in [6, 6.07) is 9.39. The zero-order valence-corrected chi connectivity index (χ0v) is 11.9. The van der Waals surface area contributed by atoms with Crippen molar-refractivity contribution in [2.75, 3.05) is 5.32 Å². The summed E-state index contributed by atoms with van der Waals surface area (Å²) in [5.74, 6) is -1.10. The molecule has 3 aromatic rings. The molecule has 1 heterocycles. The van der Waals surface area contributed by atoms with E-state index in [9.17, 15) is 22.8 Å². The predicted octanol–water partition coefficient (Wildman–Crippen LogP) is 3.01. The summed E-state index contributed by atoms with van der Waals surface area (Å²) in [6.07, 6.45) is -4.83. The zero-order valence-electron chi connectivity index (χ0n) is 11.9. The van der Waals surface area contributed by atoms with Gasteiger partial charge in [-0.05, 0) is 36.4 Å². The summed E-state index contributed by atoms with van der Waals surface area (Å²) in [5.41, 5.74) is 1.06. The van der Waals surface area contributed by atoms with Crippen LogP contribution in [0.3, 0.4) is 0 Å². The van der Waals surface area contributed by atoms with E-state index >= 15 is 0 Å². The van der Waals surface area contributed by atoms with E-state index in [1.54, 1.807) is 12.1 Å². The van der Waals surface area contributed by atoms with Gasteiger partial charge >= 0.3 is 12.1 Å². The van der Waals surface area contributed by atoms with Crippen molar-refractivity contribution in [1.82, 2.24) is 9.97 Å². The maximum absolute atomic E-state index is 12.2. The molecule has 3 rings (SSSR count). The molecule has 0 aliphatic heterocycles. The summed E-state index contributed by atoms with van der Waals surface area (Å²) in [4.78, 5) is 28.4. The molecule has 1 aromatic heterocycles. The van der Waals surface area contributed by atoms with E-state index < -0.39 is 18.0 Å². The van der Waals surface area contributed by atoms with Gasteiger partial charge in [-0.3, -0.25) is 4.79 Å². The van der Waals surface area contributed by atoms with Gasteiger partial charge in [0.25, 0.3) is 5.91 Å². The van der Waals surface area contributed by atoms with Gasteiger partial charge in [-0.25, -0.2) is 4.79 Å². The first-order valence-electron chi connectivity index (χ1n) is 6.69. The number of aromatic amines is 2. The van der Waals surface area contributed by atoms with E-state index in [0.717, 1.165) is 12.1 Å². The molecule has 0 radical (unpaired) electrons. The van der Waals surface area contributed by atoms with Crippen molar-refractivity contribution in [3.63, 3.8) is 0 Å². The van der Waals surface area contributed by atoms with Crippen LogP contribution >= 0.6 is 0 Å². The lowest BCUT2D eigenvalue weighted by Crippen LogP contribution is -2.18. The number of imidazole rings is 1. The number of ether oxygens (including phenoxy) is 1.